The second-order valence-electron chi connectivity index (χ2n) is 6.25. The summed E-state index contributed by atoms with van der Waals surface area (Å²) >= 11 is 6.10. The first-order chi connectivity index (χ1) is 13.5. The minimum atomic E-state index is -0.301. The average Bonchev–Trinajstić information content (AvgIpc) is 3.14. The quantitative estimate of drug-likeness (QED) is 0.577. The predicted molar refractivity (Wildman–Crippen MR) is 108 cm³/mol. The number of halogens is 1. The van der Waals surface area contributed by atoms with Crippen molar-refractivity contribution < 1.29 is 4.79 Å². The Kier molecular flexibility index (Phi) is 4.67. The third-order valence-electron chi connectivity index (χ3n) is 4.28. The zero-order chi connectivity index (χ0) is 19.7. The van der Waals surface area contributed by atoms with Crippen molar-refractivity contribution in [2.24, 2.45) is 0 Å². The third-order valence-corrected chi connectivity index (χ3v) is 4.61. The number of benzene rings is 2. The van der Waals surface area contributed by atoms with Crippen LogP contribution in [0, 0.1) is 6.92 Å². The summed E-state index contributed by atoms with van der Waals surface area (Å²) in [7, 11) is 0. The van der Waals surface area contributed by atoms with Gasteiger partial charge in [-0.1, -0.05) is 54.1 Å². The van der Waals surface area contributed by atoms with Gasteiger partial charge in [0, 0.05) is 17.3 Å². The maximum atomic E-state index is 12.6. The molecule has 28 heavy (non-hydrogen) atoms. The molecule has 8 heteroatoms. The van der Waals surface area contributed by atoms with E-state index in [1.165, 1.54) is 10.6 Å². The van der Waals surface area contributed by atoms with Gasteiger partial charge in [-0.3, -0.25) is 9.59 Å². The van der Waals surface area contributed by atoms with E-state index in [0.29, 0.717) is 28.0 Å². The van der Waals surface area contributed by atoms with Gasteiger partial charge in [-0.25, -0.2) is 0 Å². The van der Waals surface area contributed by atoms with Crippen LogP contribution in [0.25, 0.3) is 17.2 Å². The standard InChI is InChI=1S/C20H16ClN5O2/c1-13-11-18(28)26-20(23-19(24-26)14-7-3-2-4-8-14)25(13)12-17(27)22-16-10-6-5-9-15(16)21/h2-11H,12H2,1H3,(H,22,27). The van der Waals surface area contributed by atoms with E-state index < -0.39 is 0 Å². The highest BCUT2D eigenvalue weighted by Gasteiger charge is 2.16. The van der Waals surface area contributed by atoms with Crippen LogP contribution in [-0.4, -0.2) is 25.1 Å². The SMILES string of the molecule is Cc1cc(=O)n2nc(-c3ccccc3)nc2n1CC(=O)Nc1ccccc1Cl. The molecule has 0 bridgehead atoms. The van der Waals surface area contributed by atoms with Crippen LogP contribution in [0.2, 0.25) is 5.02 Å². The molecule has 0 unspecified atom stereocenters. The van der Waals surface area contributed by atoms with E-state index in [2.05, 4.69) is 15.4 Å². The molecule has 1 amide bonds. The van der Waals surface area contributed by atoms with E-state index >= 15 is 0 Å². The molecule has 0 aliphatic carbocycles. The topological polar surface area (TPSA) is 81.3 Å². The smallest absolute Gasteiger partial charge is 0.275 e. The van der Waals surface area contributed by atoms with Gasteiger partial charge in [0.2, 0.25) is 11.7 Å². The number of nitrogens with zero attached hydrogens (tertiary/aromatic N) is 4. The fraction of sp³-hybridized carbons (Fsp3) is 0.100. The number of carbonyl (C=O) groups excluding carboxylic acids is 1. The van der Waals surface area contributed by atoms with Crippen LogP contribution in [0.4, 0.5) is 5.69 Å². The molecule has 7 nitrogen and oxygen atoms in total. The zero-order valence-electron chi connectivity index (χ0n) is 15.0. The first-order valence-electron chi connectivity index (χ1n) is 8.60. The molecule has 4 rings (SSSR count). The Morgan fingerprint density at radius 1 is 1.11 bits per heavy atom. The van der Waals surface area contributed by atoms with E-state index in [4.69, 9.17) is 11.6 Å². The second-order valence-corrected chi connectivity index (χ2v) is 6.66. The highest BCUT2D eigenvalue weighted by atomic mass is 35.5. The molecule has 1 N–H and O–H groups in total. The lowest BCUT2D eigenvalue weighted by Gasteiger charge is -2.12. The van der Waals surface area contributed by atoms with Gasteiger partial charge in [-0.2, -0.15) is 9.50 Å². The van der Waals surface area contributed by atoms with Gasteiger partial charge < -0.3 is 9.88 Å². The van der Waals surface area contributed by atoms with Crippen LogP contribution in [0.5, 0.6) is 0 Å². The number of amides is 1. The predicted octanol–water partition coefficient (Wildman–Crippen LogP) is 3.16. The highest BCUT2D eigenvalue weighted by molar-refractivity contribution is 6.33. The molecule has 4 aromatic rings. The number of para-hydroxylation sites is 1. The van der Waals surface area contributed by atoms with E-state index in [1.807, 2.05) is 30.3 Å². The summed E-state index contributed by atoms with van der Waals surface area (Å²) in [6, 6.07) is 17.8. The molecule has 0 fully saturated rings. The highest BCUT2D eigenvalue weighted by Crippen LogP contribution is 2.20. The molecular formula is C20H16ClN5O2. The van der Waals surface area contributed by atoms with Crippen molar-refractivity contribution in [3.8, 4) is 11.4 Å². The van der Waals surface area contributed by atoms with E-state index in [1.54, 1.807) is 35.8 Å². The summed E-state index contributed by atoms with van der Waals surface area (Å²) in [6.45, 7) is 1.72. The van der Waals surface area contributed by atoms with Gasteiger partial charge in [-0.05, 0) is 19.1 Å². The van der Waals surface area contributed by atoms with Crippen LogP contribution < -0.4 is 10.9 Å². The van der Waals surface area contributed by atoms with Crippen molar-refractivity contribution in [2.45, 2.75) is 13.5 Å². The first-order valence-corrected chi connectivity index (χ1v) is 8.98. The van der Waals surface area contributed by atoms with Crippen molar-refractivity contribution in [3.05, 3.63) is 81.7 Å². The van der Waals surface area contributed by atoms with Crippen LogP contribution in [0.15, 0.2) is 65.5 Å². The largest absolute Gasteiger partial charge is 0.323 e. The minimum absolute atomic E-state index is 0.0340. The normalized spacial score (nSPS) is 10.9. The number of carbonyl (C=O) groups is 1. The minimum Gasteiger partial charge on any atom is -0.323 e. The lowest BCUT2D eigenvalue weighted by Crippen LogP contribution is -2.25. The molecule has 0 aliphatic rings. The maximum absolute atomic E-state index is 12.6. The fourth-order valence-corrected chi connectivity index (χ4v) is 3.09. The van der Waals surface area contributed by atoms with Crippen LogP contribution in [0.1, 0.15) is 5.69 Å². The average molecular weight is 394 g/mol. The Bertz CT molecular complexity index is 1230. The van der Waals surface area contributed by atoms with Gasteiger partial charge in [0.25, 0.3) is 5.56 Å². The Labute approximate surface area is 165 Å². The zero-order valence-corrected chi connectivity index (χ0v) is 15.7. The lowest BCUT2D eigenvalue weighted by atomic mass is 10.2. The molecular weight excluding hydrogens is 378 g/mol. The van der Waals surface area contributed by atoms with E-state index in [-0.39, 0.29) is 18.0 Å². The molecule has 0 saturated heterocycles. The van der Waals surface area contributed by atoms with Crippen molar-refractivity contribution in [1.82, 2.24) is 19.2 Å². The Morgan fingerprint density at radius 3 is 2.57 bits per heavy atom. The van der Waals surface area contributed by atoms with E-state index in [9.17, 15) is 9.59 Å². The summed E-state index contributed by atoms with van der Waals surface area (Å²) in [5.74, 6) is 0.438. The maximum Gasteiger partial charge on any atom is 0.275 e. The number of nitrogens with one attached hydrogen (secondary N) is 1. The van der Waals surface area contributed by atoms with Gasteiger partial charge in [0.15, 0.2) is 5.82 Å². The van der Waals surface area contributed by atoms with Crippen molar-refractivity contribution in [3.63, 3.8) is 0 Å². The molecule has 140 valence electrons. The molecule has 0 aliphatic heterocycles. The number of hydrogen-bond acceptors (Lipinski definition) is 4. The number of fused-ring (bicyclic) bond motifs is 1. The van der Waals surface area contributed by atoms with Gasteiger partial charge in [0.05, 0.1) is 10.7 Å². The second kappa shape index (κ2) is 7.28. The summed E-state index contributed by atoms with van der Waals surface area (Å²) in [6.07, 6.45) is 0. The van der Waals surface area contributed by atoms with Crippen molar-refractivity contribution >= 4 is 29.0 Å². The van der Waals surface area contributed by atoms with Gasteiger partial charge >= 0.3 is 0 Å². The Morgan fingerprint density at radius 2 is 1.82 bits per heavy atom. The summed E-state index contributed by atoms with van der Waals surface area (Å²) < 4.78 is 2.85. The Hall–Kier alpha value is -3.45. The molecule has 2 heterocycles. The molecule has 0 radical (unpaired) electrons. The molecule has 0 spiro atoms. The number of rotatable bonds is 4. The van der Waals surface area contributed by atoms with Gasteiger partial charge in [-0.15, -0.1) is 5.10 Å². The van der Waals surface area contributed by atoms with E-state index in [0.717, 1.165) is 5.56 Å². The summed E-state index contributed by atoms with van der Waals surface area (Å²) in [4.78, 5) is 29.4. The summed E-state index contributed by atoms with van der Waals surface area (Å²) in [5.41, 5.74) is 1.62. The number of aryl methyl sites for hydroxylation is 1. The van der Waals surface area contributed by atoms with Crippen LogP contribution in [0.3, 0.4) is 0 Å². The lowest BCUT2D eigenvalue weighted by molar-refractivity contribution is -0.116. The molecule has 2 aromatic heterocycles. The van der Waals surface area contributed by atoms with Crippen molar-refractivity contribution in [2.75, 3.05) is 5.32 Å². The monoisotopic (exact) mass is 393 g/mol. The first kappa shape index (κ1) is 17.9. The molecule has 0 saturated carbocycles. The molecule has 2 aromatic carbocycles. The Balaban J connectivity index is 1.72. The number of anilines is 1. The fourth-order valence-electron chi connectivity index (χ4n) is 2.90. The number of hydrogen-bond donors (Lipinski definition) is 1. The molecule has 0 atom stereocenters. The summed E-state index contributed by atoms with van der Waals surface area (Å²) in [5, 5.41) is 7.54. The number of aromatic nitrogens is 4. The van der Waals surface area contributed by atoms with Crippen LogP contribution in [-0.2, 0) is 11.3 Å². The third kappa shape index (κ3) is 3.39. The van der Waals surface area contributed by atoms with Crippen LogP contribution >= 0.6 is 11.6 Å². The van der Waals surface area contributed by atoms with Gasteiger partial charge in [0.1, 0.15) is 6.54 Å². The van der Waals surface area contributed by atoms with Crippen molar-refractivity contribution in [1.29, 1.82) is 0 Å².